The zero-order valence-corrected chi connectivity index (χ0v) is 38.7. The standard InChI is InChI=1S/C47H76O17/c1-42(2)17-22-21-9-10-26-45(6)13-12-28(43(3,4)25(45)11-14-47(26,8)46(21,7)16-15-44(22,5)27(50)18-42)61-41-37(33(55)32(54)35(62-41)38(57)58)64-40-36(31(53)30(52)24(19-48)60-40)63-39-34(56)29(51)23(49)20-59-39/h9,22-37,39-41,48-56H,10-20H2,1-8H3,(H,57,58). The molecule has 3 heterocycles. The zero-order chi connectivity index (χ0) is 46.9. The van der Waals surface area contributed by atoms with Crippen LogP contribution in [0.4, 0.5) is 0 Å². The number of aliphatic hydroxyl groups is 9. The van der Waals surface area contributed by atoms with Crippen LogP contribution in [0.2, 0.25) is 0 Å². The normalized spacial score (nSPS) is 54.6. The molecule has 3 aliphatic heterocycles. The maximum Gasteiger partial charge on any atom is 0.335 e. The molecule has 23 atom stereocenters. The average Bonchev–Trinajstić information content (AvgIpc) is 3.21. The molecule has 366 valence electrons. The number of rotatable bonds is 8. The first-order valence-corrected chi connectivity index (χ1v) is 23.6. The van der Waals surface area contributed by atoms with Crippen molar-refractivity contribution in [2.45, 2.75) is 211 Å². The molecule has 5 aliphatic carbocycles. The number of carboxylic acid groups (broad SMARTS) is 1. The van der Waals surface area contributed by atoms with Crippen LogP contribution in [0.3, 0.4) is 0 Å². The van der Waals surface area contributed by atoms with E-state index in [2.05, 4.69) is 61.5 Å². The van der Waals surface area contributed by atoms with Crippen molar-refractivity contribution < 1.29 is 84.3 Å². The van der Waals surface area contributed by atoms with Gasteiger partial charge in [0, 0.05) is 5.41 Å². The van der Waals surface area contributed by atoms with Crippen molar-refractivity contribution in [1.29, 1.82) is 0 Å². The van der Waals surface area contributed by atoms with E-state index in [9.17, 15) is 55.9 Å². The first-order valence-electron chi connectivity index (χ1n) is 23.6. The van der Waals surface area contributed by atoms with E-state index < -0.39 is 117 Å². The van der Waals surface area contributed by atoms with Crippen molar-refractivity contribution in [3.63, 3.8) is 0 Å². The second-order valence-corrected chi connectivity index (χ2v) is 23.3. The quantitative estimate of drug-likeness (QED) is 0.122. The molecule has 10 N–H and O–H groups in total. The number of carboxylic acids is 1. The Bertz CT molecular complexity index is 1760. The van der Waals surface area contributed by atoms with Gasteiger partial charge >= 0.3 is 5.97 Å². The molecule has 0 aromatic heterocycles. The summed E-state index contributed by atoms with van der Waals surface area (Å²) in [5.74, 6) is -0.718. The molecule has 4 saturated carbocycles. The van der Waals surface area contributed by atoms with Crippen molar-refractivity contribution in [3.8, 4) is 0 Å². The Hall–Kier alpha value is -1.39. The van der Waals surface area contributed by atoms with Crippen LogP contribution in [0.25, 0.3) is 0 Å². The Morgan fingerprint density at radius 1 is 0.688 bits per heavy atom. The van der Waals surface area contributed by atoms with Crippen molar-refractivity contribution in [2.75, 3.05) is 13.2 Å². The lowest BCUT2D eigenvalue weighted by atomic mass is 9.33. The Morgan fingerprint density at radius 2 is 1.33 bits per heavy atom. The highest BCUT2D eigenvalue weighted by atomic mass is 16.8. The van der Waals surface area contributed by atoms with Gasteiger partial charge in [-0.1, -0.05) is 67.0 Å². The fraction of sp³-hybridized carbons (Fsp3) is 0.936. The average molecular weight is 913 g/mol. The molecular weight excluding hydrogens is 836 g/mol. The third-order valence-corrected chi connectivity index (χ3v) is 19.0. The van der Waals surface area contributed by atoms with Crippen LogP contribution in [0.1, 0.15) is 113 Å². The number of allylic oxidation sites excluding steroid dienone is 2. The van der Waals surface area contributed by atoms with Gasteiger partial charge in [-0.15, -0.1) is 0 Å². The van der Waals surface area contributed by atoms with Gasteiger partial charge in [-0.2, -0.15) is 0 Å². The van der Waals surface area contributed by atoms with Crippen LogP contribution < -0.4 is 0 Å². The minimum Gasteiger partial charge on any atom is -0.479 e. The van der Waals surface area contributed by atoms with Crippen LogP contribution in [0.5, 0.6) is 0 Å². The first-order chi connectivity index (χ1) is 29.8. The summed E-state index contributed by atoms with van der Waals surface area (Å²) in [7, 11) is 0. The Morgan fingerprint density at radius 3 is 1.98 bits per heavy atom. The number of aliphatic carboxylic acids is 1. The molecule has 8 aliphatic rings. The predicted octanol–water partition coefficient (Wildman–Crippen LogP) is 1.34. The maximum absolute atomic E-state index is 12.4. The zero-order valence-electron chi connectivity index (χ0n) is 38.7. The summed E-state index contributed by atoms with van der Waals surface area (Å²) >= 11 is 0. The second-order valence-electron chi connectivity index (χ2n) is 23.3. The third kappa shape index (κ3) is 7.58. The molecule has 23 unspecified atom stereocenters. The minimum atomic E-state index is -2.01. The molecule has 17 nitrogen and oxygen atoms in total. The highest BCUT2D eigenvalue weighted by molar-refractivity contribution is 5.73. The van der Waals surface area contributed by atoms with Crippen LogP contribution in [0, 0.1) is 50.2 Å². The molecular formula is C47H76O17. The Kier molecular flexibility index (Phi) is 13.0. The summed E-state index contributed by atoms with van der Waals surface area (Å²) in [4.78, 5) is 12.4. The number of hydrogen-bond donors (Lipinski definition) is 10. The molecule has 0 aromatic carbocycles. The molecule has 0 aromatic rings. The lowest BCUT2D eigenvalue weighted by Gasteiger charge is -2.71. The highest BCUT2D eigenvalue weighted by Crippen LogP contribution is 2.76. The van der Waals surface area contributed by atoms with Gasteiger partial charge in [0.15, 0.2) is 25.0 Å². The van der Waals surface area contributed by atoms with Crippen LogP contribution in [-0.2, 0) is 33.2 Å². The summed E-state index contributed by atoms with van der Waals surface area (Å²) in [6.07, 6.45) is -14.7. The number of carbonyl (C=O) groups is 1. The minimum absolute atomic E-state index is 0.000132. The van der Waals surface area contributed by atoms with Crippen molar-refractivity contribution in [3.05, 3.63) is 11.6 Å². The number of fused-ring (bicyclic) bond motifs is 7. The number of hydrogen-bond acceptors (Lipinski definition) is 16. The Balaban J connectivity index is 1.06. The van der Waals surface area contributed by atoms with Gasteiger partial charge in [0.05, 0.1) is 25.4 Å². The third-order valence-electron chi connectivity index (χ3n) is 19.0. The number of ether oxygens (including phenoxy) is 6. The van der Waals surface area contributed by atoms with Gasteiger partial charge in [0.1, 0.15) is 61.0 Å². The van der Waals surface area contributed by atoms with E-state index in [0.29, 0.717) is 18.3 Å². The SMILES string of the molecule is CC1(C)CC(O)C2(C)CCC3(C)C(=CCC4C5(C)CCC(OC6OC(C(=O)O)C(O)C(O)C6OC6OC(CO)C(O)C(O)C6OC6OCC(O)C(O)C6O)C(C)(C)C5CCC43C)C2C1. The molecule has 0 radical (unpaired) electrons. The molecule has 0 spiro atoms. The van der Waals surface area contributed by atoms with Gasteiger partial charge in [-0.05, 0) is 103 Å². The van der Waals surface area contributed by atoms with E-state index in [1.165, 1.54) is 0 Å². The van der Waals surface area contributed by atoms with Crippen LogP contribution in [-0.4, -0.2) is 168 Å². The molecule has 8 rings (SSSR count). The van der Waals surface area contributed by atoms with Crippen LogP contribution >= 0.6 is 0 Å². The van der Waals surface area contributed by atoms with E-state index in [-0.39, 0.29) is 39.1 Å². The van der Waals surface area contributed by atoms with E-state index in [1.807, 2.05) is 0 Å². The summed E-state index contributed by atoms with van der Waals surface area (Å²) in [5, 5.41) is 107. The maximum atomic E-state index is 12.4. The first kappa shape index (κ1) is 49.0. The van der Waals surface area contributed by atoms with Gasteiger partial charge in [0.25, 0.3) is 0 Å². The van der Waals surface area contributed by atoms with Gasteiger partial charge in [-0.3, -0.25) is 0 Å². The topological polar surface area (TPSA) is 275 Å². The molecule has 7 fully saturated rings. The van der Waals surface area contributed by atoms with E-state index in [0.717, 1.165) is 51.4 Å². The van der Waals surface area contributed by atoms with E-state index in [1.54, 1.807) is 5.57 Å². The van der Waals surface area contributed by atoms with Crippen molar-refractivity contribution in [1.82, 2.24) is 0 Å². The highest BCUT2D eigenvalue weighted by Gasteiger charge is 2.69. The molecule has 17 heteroatoms. The molecule has 3 saturated heterocycles. The summed E-state index contributed by atoms with van der Waals surface area (Å²) in [6, 6.07) is 0. The van der Waals surface area contributed by atoms with Gasteiger partial charge in [0.2, 0.25) is 0 Å². The lowest BCUT2D eigenvalue weighted by molar-refractivity contribution is -0.392. The fourth-order valence-corrected chi connectivity index (χ4v) is 14.9. The largest absolute Gasteiger partial charge is 0.479 e. The molecule has 0 amide bonds. The Labute approximate surface area is 376 Å². The summed E-state index contributed by atoms with van der Waals surface area (Å²) in [5.41, 5.74) is 0.775. The monoisotopic (exact) mass is 913 g/mol. The number of aliphatic hydroxyl groups excluding tert-OH is 9. The van der Waals surface area contributed by atoms with Crippen molar-refractivity contribution >= 4 is 5.97 Å². The summed E-state index contributed by atoms with van der Waals surface area (Å²) < 4.78 is 36.0. The van der Waals surface area contributed by atoms with Gasteiger partial charge in [-0.25, -0.2) is 4.79 Å². The van der Waals surface area contributed by atoms with E-state index in [4.69, 9.17) is 28.4 Å². The van der Waals surface area contributed by atoms with E-state index >= 15 is 0 Å². The van der Waals surface area contributed by atoms with Crippen LogP contribution in [0.15, 0.2) is 11.6 Å². The second kappa shape index (κ2) is 16.9. The predicted molar refractivity (Wildman–Crippen MR) is 225 cm³/mol. The summed E-state index contributed by atoms with van der Waals surface area (Å²) in [6.45, 7) is 17.4. The lowest BCUT2D eigenvalue weighted by Crippen LogP contribution is -2.68. The fourth-order valence-electron chi connectivity index (χ4n) is 14.9. The van der Waals surface area contributed by atoms with Crippen molar-refractivity contribution in [2.24, 2.45) is 50.2 Å². The smallest absolute Gasteiger partial charge is 0.335 e. The molecule has 64 heavy (non-hydrogen) atoms. The van der Waals surface area contributed by atoms with Gasteiger partial charge < -0.3 is 79.5 Å². The molecule has 0 bridgehead atoms.